The number of nitrogens with zero attached hydrogens (tertiary/aromatic N) is 2. The molecule has 0 aromatic rings. The molecule has 2 rings (SSSR count). The first-order valence-electron chi connectivity index (χ1n) is 4.98. The van der Waals surface area contributed by atoms with Crippen molar-refractivity contribution in [1.82, 2.24) is 15.6 Å². The van der Waals surface area contributed by atoms with Gasteiger partial charge in [0.2, 0.25) is 0 Å². The Labute approximate surface area is 96.6 Å². The molecular weight excluding hydrogens is 232 g/mol. The molecule has 9 nitrogen and oxygen atoms in total. The monoisotopic (exact) mass is 246 g/mol. The number of aliphatic hydroxyl groups excluding tert-OH is 3. The molecule has 1 fully saturated rings. The third-order valence-electron chi connectivity index (χ3n) is 2.63. The van der Waals surface area contributed by atoms with Crippen LogP contribution in [0.5, 0.6) is 0 Å². The summed E-state index contributed by atoms with van der Waals surface area (Å²) >= 11 is 0. The summed E-state index contributed by atoms with van der Waals surface area (Å²) in [5.41, 5.74) is 7.56. The second kappa shape index (κ2) is 4.47. The molecule has 0 aliphatic carbocycles. The van der Waals surface area contributed by atoms with Crippen LogP contribution in [0.3, 0.4) is 0 Å². The highest BCUT2D eigenvalue weighted by Crippen LogP contribution is 2.24. The van der Waals surface area contributed by atoms with Crippen LogP contribution in [0.2, 0.25) is 0 Å². The number of nitrogens with one attached hydrogen (secondary N) is 1. The van der Waals surface area contributed by atoms with Crippen molar-refractivity contribution < 1.29 is 24.9 Å². The third-order valence-corrected chi connectivity index (χ3v) is 2.63. The first kappa shape index (κ1) is 12.1. The van der Waals surface area contributed by atoms with E-state index < -0.39 is 37.2 Å². The topological polar surface area (TPSA) is 132 Å². The van der Waals surface area contributed by atoms with Gasteiger partial charge in [0.05, 0.1) is 6.61 Å². The van der Waals surface area contributed by atoms with E-state index in [0.717, 1.165) is 5.01 Å². The number of urea groups is 1. The Morgan fingerprint density at radius 3 is 2.59 bits per heavy atom. The summed E-state index contributed by atoms with van der Waals surface area (Å²) in [4.78, 5) is 10.8. The maximum atomic E-state index is 10.8. The number of amides is 2. The number of ether oxygens (including phenoxy) is 1. The highest BCUT2D eigenvalue weighted by molar-refractivity contribution is 5.72. The molecule has 17 heavy (non-hydrogen) atoms. The lowest BCUT2D eigenvalue weighted by Gasteiger charge is -2.27. The molecule has 0 spiro atoms. The zero-order valence-corrected chi connectivity index (χ0v) is 8.80. The average molecular weight is 246 g/mol. The van der Waals surface area contributed by atoms with Crippen molar-refractivity contribution in [2.24, 2.45) is 5.73 Å². The molecule has 0 aromatic carbocycles. The molecule has 2 heterocycles. The molecular formula is C8H14N4O5. The lowest BCUT2D eigenvalue weighted by atomic mass is 10.1. The first-order chi connectivity index (χ1) is 8.04. The molecule has 0 saturated carbocycles. The maximum absolute atomic E-state index is 10.8. The van der Waals surface area contributed by atoms with Crippen LogP contribution < -0.4 is 11.3 Å². The van der Waals surface area contributed by atoms with Crippen LogP contribution in [0.4, 0.5) is 4.79 Å². The third kappa shape index (κ3) is 2.06. The highest BCUT2D eigenvalue weighted by Gasteiger charge is 2.45. The van der Waals surface area contributed by atoms with E-state index in [2.05, 4.69) is 5.53 Å². The van der Waals surface area contributed by atoms with Crippen molar-refractivity contribution in [3.05, 3.63) is 12.4 Å². The maximum Gasteiger partial charge on any atom is 0.334 e. The number of nitrogens with two attached hydrogens (primary N) is 1. The molecule has 0 aromatic heterocycles. The summed E-state index contributed by atoms with van der Waals surface area (Å²) in [6.45, 7) is -0.411. The van der Waals surface area contributed by atoms with Crippen LogP contribution in [0.1, 0.15) is 0 Å². The number of hydrazine groups is 2. The van der Waals surface area contributed by atoms with E-state index in [0.29, 0.717) is 0 Å². The molecule has 0 radical (unpaired) electrons. The van der Waals surface area contributed by atoms with Gasteiger partial charge in [-0.15, -0.1) is 5.53 Å². The zero-order chi connectivity index (χ0) is 12.6. The van der Waals surface area contributed by atoms with Gasteiger partial charge >= 0.3 is 6.03 Å². The lowest BCUT2D eigenvalue weighted by Crippen LogP contribution is -2.52. The molecule has 2 aliphatic rings. The Morgan fingerprint density at radius 2 is 2.12 bits per heavy atom. The summed E-state index contributed by atoms with van der Waals surface area (Å²) in [5.74, 6) is 0. The van der Waals surface area contributed by atoms with Gasteiger partial charge in [0, 0.05) is 12.4 Å². The van der Waals surface area contributed by atoms with E-state index in [9.17, 15) is 15.0 Å². The minimum atomic E-state index is -1.21. The number of carbonyl (C=O) groups is 1. The van der Waals surface area contributed by atoms with Crippen LogP contribution in [0.15, 0.2) is 12.4 Å². The predicted molar refractivity (Wildman–Crippen MR) is 53.3 cm³/mol. The molecule has 2 aliphatic heterocycles. The number of primary amides is 1. The normalized spacial score (nSPS) is 36.9. The van der Waals surface area contributed by atoms with E-state index >= 15 is 0 Å². The Hall–Kier alpha value is -1.39. The van der Waals surface area contributed by atoms with Gasteiger partial charge in [-0.25, -0.2) is 9.80 Å². The van der Waals surface area contributed by atoms with Gasteiger partial charge in [-0.05, 0) is 0 Å². The van der Waals surface area contributed by atoms with E-state index in [1.54, 1.807) is 0 Å². The van der Waals surface area contributed by atoms with Crippen LogP contribution in [0.25, 0.3) is 0 Å². The molecule has 1 saturated heterocycles. The Morgan fingerprint density at radius 1 is 1.41 bits per heavy atom. The van der Waals surface area contributed by atoms with Gasteiger partial charge in [-0.3, -0.25) is 5.01 Å². The van der Waals surface area contributed by atoms with Crippen molar-refractivity contribution in [3.63, 3.8) is 0 Å². The fourth-order valence-electron chi connectivity index (χ4n) is 1.70. The summed E-state index contributed by atoms with van der Waals surface area (Å²) < 4.78 is 5.23. The van der Waals surface area contributed by atoms with Crippen LogP contribution >= 0.6 is 0 Å². The van der Waals surface area contributed by atoms with Crippen molar-refractivity contribution in [3.8, 4) is 0 Å². The van der Waals surface area contributed by atoms with Crippen molar-refractivity contribution in [2.75, 3.05) is 6.61 Å². The summed E-state index contributed by atoms with van der Waals surface area (Å²) in [5, 5.41) is 30.4. The molecule has 6 N–H and O–H groups in total. The number of carbonyl (C=O) groups excluding carboxylic acids is 1. The molecule has 96 valence electrons. The van der Waals surface area contributed by atoms with Crippen molar-refractivity contribution in [2.45, 2.75) is 24.5 Å². The van der Waals surface area contributed by atoms with Gasteiger partial charge in [0.15, 0.2) is 6.23 Å². The lowest BCUT2D eigenvalue weighted by molar-refractivity contribution is -0.105. The predicted octanol–water partition coefficient (Wildman–Crippen LogP) is -2.99. The minimum Gasteiger partial charge on any atom is -0.394 e. The number of rotatable bonds is 2. The van der Waals surface area contributed by atoms with Crippen LogP contribution in [-0.2, 0) is 4.74 Å². The molecule has 2 amide bonds. The van der Waals surface area contributed by atoms with Crippen LogP contribution in [-0.4, -0.2) is 62.5 Å². The Kier molecular flexibility index (Phi) is 3.17. The van der Waals surface area contributed by atoms with Crippen molar-refractivity contribution >= 4 is 6.03 Å². The fourth-order valence-corrected chi connectivity index (χ4v) is 1.70. The summed E-state index contributed by atoms with van der Waals surface area (Å²) in [6.07, 6.45) is -1.42. The van der Waals surface area contributed by atoms with Gasteiger partial charge in [-0.1, -0.05) is 0 Å². The summed E-state index contributed by atoms with van der Waals surface area (Å²) in [6, 6.07) is -0.726. The average Bonchev–Trinajstić information content (AvgIpc) is 2.87. The molecule has 9 heteroatoms. The standard InChI is InChI=1S/C8H14N4O5/c9-8(16)12-2-1-11(10-12)7-6(15)5(14)4(3-13)17-7/h1-2,4-7,10,13-15H,3H2,(H2,9,16)/t4-,5-,6-,7-/m1/s1. The molecule has 0 unspecified atom stereocenters. The summed E-state index contributed by atoms with van der Waals surface area (Å²) in [7, 11) is 0. The smallest absolute Gasteiger partial charge is 0.334 e. The molecule has 0 bridgehead atoms. The van der Waals surface area contributed by atoms with E-state index in [-0.39, 0.29) is 0 Å². The van der Waals surface area contributed by atoms with Gasteiger partial charge in [0.25, 0.3) is 0 Å². The quantitative estimate of drug-likeness (QED) is 0.351. The minimum absolute atomic E-state index is 0.411. The van der Waals surface area contributed by atoms with Crippen LogP contribution in [0, 0.1) is 0 Å². The first-order valence-corrected chi connectivity index (χ1v) is 4.98. The largest absolute Gasteiger partial charge is 0.394 e. The van der Waals surface area contributed by atoms with Gasteiger partial charge in [0.1, 0.15) is 18.3 Å². The Bertz CT molecular complexity index is 338. The van der Waals surface area contributed by atoms with E-state index in [1.165, 1.54) is 17.4 Å². The fraction of sp³-hybridized carbons (Fsp3) is 0.625. The second-order valence-electron chi connectivity index (χ2n) is 3.74. The number of hydrogen-bond acceptors (Lipinski definition) is 7. The zero-order valence-electron chi connectivity index (χ0n) is 8.80. The van der Waals surface area contributed by atoms with E-state index in [4.69, 9.17) is 15.6 Å². The Balaban J connectivity index is 2.01. The van der Waals surface area contributed by atoms with Crippen molar-refractivity contribution in [1.29, 1.82) is 0 Å². The van der Waals surface area contributed by atoms with Gasteiger partial charge < -0.3 is 25.8 Å². The second-order valence-corrected chi connectivity index (χ2v) is 3.74. The van der Waals surface area contributed by atoms with E-state index in [1.807, 2.05) is 0 Å². The SMILES string of the molecule is NC(=O)N1C=CN([C@@H]2O[C@H](CO)[C@@H](O)[C@H]2O)N1. The number of hydrogen-bond donors (Lipinski definition) is 5. The highest BCUT2D eigenvalue weighted by atomic mass is 16.6. The number of aliphatic hydroxyl groups is 3. The molecule has 4 atom stereocenters. The van der Waals surface area contributed by atoms with Gasteiger partial charge in [-0.2, -0.15) is 0 Å².